The summed E-state index contributed by atoms with van der Waals surface area (Å²) in [6.07, 6.45) is 4.58. The van der Waals surface area contributed by atoms with E-state index in [0.29, 0.717) is 31.0 Å². The van der Waals surface area contributed by atoms with Crippen LogP contribution in [0, 0.1) is 5.41 Å². The van der Waals surface area contributed by atoms with Gasteiger partial charge in [-0.15, -0.1) is 0 Å². The van der Waals surface area contributed by atoms with Crippen molar-refractivity contribution in [1.29, 1.82) is 0 Å². The summed E-state index contributed by atoms with van der Waals surface area (Å²) in [4.78, 5) is 14.0. The van der Waals surface area contributed by atoms with Crippen LogP contribution in [-0.4, -0.2) is 45.0 Å². The molecule has 2 heterocycles. The lowest BCUT2D eigenvalue weighted by atomic mass is 9.53. The molecule has 1 aliphatic carbocycles. The predicted octanol–water partition coefficient (Wildman–Crippen LogP) is 4.22. The molecule has 0 atom stereocenters. The van der Waals surface area contributed by atoms with Gasteiger partial charge in [0.15, 0.2) is 0 Å². The molecule has 1 saturated heterocycles. The predicted molar refractivity (Wildman–Crippen MR) is 104 cm³/mol. The largest absolute Gasteiger partial charge is 0.444 e. The van der Waals surface area contributed by atoms with Crippen LogP contribution < -0.4 is 0 Å². The number of carbonyl (C=O) groups excluding carboxylic acids is 1. The normalized spacial score (nSPS) is 21.3. The fourth-order valence-corrected chi connectivity index (χ4v) is 4.84. The van der Waals surface area contributed by atoms with E-state index in [1.165, 1.54) is 0 Å². The molecule has 1 spiro atoms. The molecule has 2 N–H and O–H groups in total. The lowest BCUT2D eigenvalue weighted by Crippen LogP contribution is -2.55. The van der Waals surface area contributed by atoms with E-state index in [9.17, 15) is 9.90 Å². The highest BCUT2D eigenvalue weighted by Gasteiger charge is 2.56. The number of aromatic nitrogens is 2. The van der Waals surface area contributed by atoms with Gasteiger partial charge < -0.3 is 14.7 Å². The Morgan fingerprint density at radius 3 is 2.59 bits per heavy atom. The van der Waals surface area contributed by atoms with Crippen molar-refractivity contribution in [2.45, 2.75) is 57.7 Å². The molecule has 27 heavy (non-hydrogen) atoms. The quantitative estimate of drug-likeness (QED) is 0.763. The van der Waals surface area contributed by atoms with Crippen molar-refractivity contribution in [3.8, 4) is 0 Å². The topological polar surface area (TPSA) is 78.4 Å². The zero-order valence-corrected chi connectivity index (χ0v) is 16.8. The first kappa shape index (κ1) is 18.6. The molecule has 0 radical (unpaired) electrons. The number of carbonyl (C=O) groups is 1. The number of fused-ring (bicyclic) bond motifs is 1. The minimum atomic E-state index is -0.899. The Balaban J connectivity index is 1.45. The van der Waals surface area contributed by atoms with Crippen LogP contribution in [0.25, 0.3) is 10.9 Å². The molecule has 4 rings (SSSR count). The van der Waals surface area contributed by atoms with Gasteiger partial charge in [0.05, 0.1) is 17.3 Å². The molecular weight excluding hydrogens is 366 g/mol. The SMILES string of the molecule is CC(C)(C)OC(=O)N1CCC2(CC1)CC(O)(c1cc(Cl)cc3cn[nH]c13)C2. The van der Waals surface area contributed by atoms with E-state index in [1.807, 2.05) is 32.9 Å². The lowest BCUT2D eigenvalue weighted by molar-refractivity contribution is -0.153. The van der Waals surface area contributed by atoms with Gasteiger partial charge in [0.1, 0.15) is 5.60 Å². The average Bonchev–Trinajstić information content (AvgIpc) is 2.99. The number of rotatable bonds is 1. The van der Waals surface area contributed by atoms with Gasteiger partial charge in [0.25, 0.3) is 0 Å². The Morgan fingerprint density at radius 1 is 1.30 bits per heavy atom. The summed E-state index contributed by atoms with van der Waals surface area (Å²) in [6.45, 7) is 6.97. The number of halogens is 1. The molecule has 2 aliphatic rings. The molecule has 1 aliphatic heterocycles. The summed E-state index contributed by atoms with van der Waals surface area (Å²) in [6, 6.07) is 3.69. The van der Waals surface area contributed by atoms with Crippen LogP contribution in [-0.2, 0) is 10.3 Å². The van der Waals surface area contributed by atoms with Crippen LogP contribution >= 0.6 is 11.6 Å². The Labute approximate surface area is 163 Å². The number of hydrogen-bond donors (Lipinski definition) is 2. The first-order valence-corrected chi connectivity index (χ1v) is 9.81. The van der Waals surface area contributed by atoms with Gasteiger partial charge in [-0.1, -0.05) is 11.6 Å². The third-order valence-corrected chi connectivity index (χ3v) is 6.04. The van der Waals surface area contributed by atoms with Crippen LogP contribution in [0.4, 0.5) is 4.79 Å². The smallest absolute Gasteiger partial charge is 0.410 e. The minimum absolute atomic E-state index is 0.0714. The van der Waals surface area contributed by atoms with Crippen LogP contribution in [0.1, 0.15) is 52.0 Å². The maximum atomic E-state index is 12.3. The van der Waals surface area contributed by atoms with Crippen molar-refractivity contribution in [2.75, 3.05) is 13.1 Å². The van der Waals surface area contributed by atoms with Crippen molar-refractivity contribution in [1.82, 2.24) is 15.1 Å². The molecule has 2 aromatic rings. The number of nitrogens with one attached hydrogen (secondary N) is 1. The zero-order chi connectivity index (χ0) is 19.4. The zero-order valence-electron chi connectivity index (χ0n) is 16.0. The highest BCUT2D eigenvalue weighted by atomic mass is 35.5. The van der Waals surface area contributed by atoms with E-state index < -0.39 is 11.2 Å². The van der Waals surface area contributed by atoms with Crippen molar-refractivity contribution in [2.24, 2.45) is 5.41 Å². The van der Waals surface area contributed by atoms with E-state index in [1.54, 1.807) is 11.1 Å². The Bertz CT molecular complexity index is 870. The molecular formula is C20H26ClN3O3. The maximum absolute atomic E-state index is 12.3. The second-order valence-corrected chi connectivity index (χ2v) is 9.58. The molecule has 0 bridgehead atoms. The van der Waals surface area contributed by atoms with Gasteiger partial charge >= 0.3 is 6.09 Å². The van der Waals surface area contributed by atoms with Crippen LogP contribution in [0.3, 0.4) is 0 Å². The molecule has 1 aromatic heterocycles. The number of likely N-dealkylation sites (tertiary alicyclic amines) is 1. The average molecular weight is 392 g/mol. The fraction of sp³-hybridized carbons (Fsp3) is 0.600. The number of aromatic amines is 1. The van der Waals surface area contributed by atoms with Gasteiger partial charge in [0, 0.05) is 29.1 Å². The molecule has 2 fully saturated rings. The number of hydrogen-bond acceptors (Lipinski definition) is 4. The van der Waals surface area contributed by atoms with E-state index in [4.69, 9.17) is 16.3 Å². The number of piperidine rings is 1. The number of amides is 1. The van der Waals surface area contributed by atoms with Crippen molar-refractivity contribution in [3.05, 3.63) is 28.9 Å². The monoisotopic (exact) mass is 391 g/mol. The fourth-order valence-electron chi connectivity index (χ4n) is 4.61. The summed E-state index contributed by atoms with van der Waals surface area (Å²) in [5.41, 5.74) is 0.363. The summed E-state index contributed by atoms with van der Waals surface area (Å²) < 4.78 is 5.47. The Morgan fingerprint density at radius 2 is 1.96 bits per heavy atom. The summed E-state index contributed by atoms with van der Waals surface area (Å²) in [5, 5.41) is 19.8. The second-order valence-electron chi connectivity index (χ2n) is 9.14. The third kappa shape index (κ3) is 3.41. The molecule has 1 aromatic carbocycles. The van der Waals surface area contributed by atoms with Gasteiger partial charge in [0.2, 0.25) is 0 Å². The molecule has 1 saturated carbocycles. The summed E-state index contributed by atoms with van der Waals surface area (Å²) in [7, 11) is 0. The highest BCUT2D eigenvalue weighted by Crippen LogP contribution is 2.60. The third-order valence-electron chi connectivity index (χ3n) is 5.83. The first-order chi connectivity index (χ1) is 12.6. The lowest BCUT2D eigenvalue weighted by Gasteiger charge is -2.56. The van der Waals surface area contributed by atoms with E-state index in [0.717, 1.165) is 29.3 Å². The van der Waals surface area contributed by atoms with Crippen molar-refractivity contribution in [3.63, 3.8) is 0 Å². The Kier molecular flexibility index (Phi) is 4.20. The standard InChI is InChI=1S/C20H26ClN3O3/c1-18(2,3)27-17(25)24-6-4-19(5-7-24)11-20(26,12-19)15-9-14(21)8-13-10-22-23-16(13)15/h8-10,26H,4-7,11-12H2,1-3H3,(H,22,23). The molecule has 146 valence electrons. The molecule has 1 amide bonds. The van der Waals surface area contributed by atoms with E-state index >= 15 is 0 Å². The summed E-state index contributed by atoms with van der Waals surface area (Å²) in [5.74, 6) is 0. The van der Waals surface area contributed by atoms with Crippen LogP contribution in [0.5, 0.6) is 0 Å². The van der Waals surface area contributed by atoms with E-state index in [2.05, 4.69) is 10.2 Å². The summed E-state index contributed by atoms with van der Waals surface area (Å²) >= 11 is 6.24. The highest BCUT2D eigenvalue weighted by molar-refractivity contribution is 6.31. The van der Waals surface area contributed by atoms with Gasteiger partial charge in [-0.3, -0.25) is 5.10 Å². The maximum Gasteiger partial charge on any atom is 0.410 e. The number of aliphatic hydroxyl groups is 1. The van der Waals surface area contributed by atoms with Gasteiger partial charge in [-0.25, -0.2) is 4.79 Å². The Hall–Kier alpha value is -1.79. The van der Waals surface area contributed by atoms with Crippen LogP contribution in [0.15, 0.2) is 18.3 Å². The number of nitrogens with zero attached hydrogens (tertiary/aromatic N) is 2. The molecule has 6 nitrogen and oxygen atoms in total. The second kappa shape index (κ2) is 6.11. The molecule has 0 unspecified atom stereocenters. The molecule has 7 heteroatoms. The number of ether oxygens (including phenoxy) is 1. The number of benzene rings is 1. The first-order valence-electron chi connectivity index (χ1n) is 9.43. The number of H-pyrrole nitrogens is 1. The van der Waals surface area contributed by atoms with Crippen molar-refractivity contribution >= 4 is 28.6 Å². The van der Waals surface area contributed by atoms with Gasteiger partial charge in [-0.2, -0.15) is 5.10 Å². The van der Waals surface area contributed by atoms with Crippen molar-refractivity contribution < 1.29 is 14.6 Å². The minimum Gasteiger partial charge on any atom is -0.444 e. The van der Waals surface area contributed by atoms with Crippen LogP contribution in [0.2, 0.25) is 5.02 Å². The van der Waals surface area contributed by atoms with Gasteiger partial charge in [-0.05, 0) is 64.0 Å². The van der Waals surface area contributed by atoms with E-state index in [-0.39, 0.29) is 11.5 Å².